The standard InChI is InChI=1S/C11H12Cl2O2/c1-3-4-15-11(14)8-5-7(2)9(12)6-10(8)13/h1,8-10H,2,4-6H2. The Morgan fingerprint density at radius 1 is 1.67 bits per heavy atom. The van der Waals surface area contributed by atoms with Crippen LogP contribution in [0, 0.1) is 18.3 Å². The molecule has 0 saturated heterocycles. The summed E-state index contributed by atoms with van der Waals surface area (Å²) in [5.41, 5.74) is 0.830. The molecule has 1 aliphatic rings. The number of halogens is 2. The SMILES string of the molecule is C#CCOC(=O)C1CC(=C)C(Cl)CC1Cl. The number of ether oxygens (including phenoxy) is 1. The van der Waals surface area contributed by atoms with Crippen molar-refractivity contribution in [2.45, 2.75) is 23.6 Å². The van der Waals surface area contributed by atoms with E-state index in [0.717, 1.165) is 5.57 Å². The third-order valence-corrected chi connectivity index (χ3v) is 3.36. The van der Waals surface area contributed by atoms with Crippen LogP contribution in [0.5, 0.6) is 0 Å². The topological polar surface area (TPSA) is 26.3 Å². The maximum absolute atomic E-state index is 11.5. The van der Waals surface area contributed by atoms with E-state index in [2.05, 4.69) is 12.5 Å². The molecule has 0 aromatic heterocycles. The second kappa shape index (κ2) is 5.44. The molecule has 1 fully saturated rings. The van der Waals surface area contributed by atoms with E-state index in [-0.39, 0.29) is 29.2 Å². The molecule has 82 valence electrons. The van der Waals surface area contributed by atoms with Gasteiger partial charge in [-0.15, -0.1) is 29.6 Å². The Morgan fingerprint density at radius 3 is 2.93 bits per heavy atom. The number of hydrogen-bond donors (Lipinski definition) is 0. The maximum Gasteiger partial charge on any atom is 0.311 e. The minimum atomic E-state index is -0.373. The lowest BCUT2D eigenvalue weighted by atomic mass is 9.85. The molecular formula is C11H12Cl2O2. The van der Waals surface area contributed by atoms with Crippen molar-refractivity contribution in [3.05, 3.63) is 12.2 Å². The normalized spacial score (nSPS) is 30.7. The van der Waals surface area contributed by atoms with Crippen LogP contribution >= 0.6 is 23.2 Å². The smallest absolute Gasteiger partial charge is 0.311 e. The van der Waals surface area contributed by atoms with Crippen LogP contribution in [-0.4, -0.2) is 23.3 Å². The van der Waals surface area contributed by atoms with Crippen LogP contribution in [0.1, 0.15) is 12.8 Å². The molecule has 1 aliphatic carbocycles. The summed E-state index contributed by atoms with van der Waals surface area (Å²) in [4.78, 5) is 11.5. The minimum absolute atomic E-state index is 0.0181. The van der Waals surface area contributed by atoms with Gasteiger partial charge in [0.05, 0.1) is 11.3 Å². The molecule has 0 aliphatic heterocycles. The molecule has 3 atom stereocenters. The molecule has 1 rings (SSSR count). The van der Waals surface area contributed by atoms with Crippen molar-refractivity contribution in [3.8, 4) is 12.3 Å². The summed E-state index contributed by atoms with van der Waals surface area (Å²) in [6, 6.07) is 0. The molecule has 0 spiro atoms. The van der Waals surface area contributed by atoms with E-state index >= 15 is 0 Å². The summed E-state index contributed by atoms with van der Waals surface area (Å²) in [6.07, 6.45) is 6.01. The van der Waals surface area contributed by atoms with Crippen LogP contribution in [-0.2, 0) is 9.53 Å². The third-order valence-electron chi connectivity index (χ3n) is 2.39. The Hall–Kier alpha value is -0.650. The molecule has 0 N–H and O–H groups in total. The van der Waals surface area contributed by atoms with E-state index < -0.39 is 0 Å². The fraction of sp³-hybridized carbons (Fsp3) is 0.545. The van der Waals surface area contributed by atoms with E-state index in [1.54, 1.807) is 0 Å². The number of alkyl halides is 2. The van der Waals surface area contributed by atoms with E-state index in [1.807, 2.05) is 0 Å². The molecule has 1 saturated carbocycles. The van der Waals surface area contributed by atoms with Gasteiger partial charge in [0.15, 0.2) is 6.61 Å². The fourth-order valence-electron chi connectivity index (χ4n) is 1.52. The number of esters is 1. The highest BCUT2D eigenvalue weighted by Crippen LogP contribution is 2.35. The lowest BCUT2D eigenvalue weighted by Crippen LogP contribution is -2.34. The van der Waals surface area contributed by atoms with Gasteiger partial charge in [-0.1, -0.05) is 18.1 Å². The van der Waals surface area contributed by atoms with Gasteiger partial charge in [0, 0.05) is 5.38 Å². The van der Waals surface area contributed by atoms with Crippen LogP contribution in [0.2, 0.25) is 0 Å². The largest absolute Gasteiger partial charge is 0.452 e. The van der Waals surface area contributed by atoms with Crippen LogP contribution in [0.4, 0.5) is 0 Å². The number of terminal acetylenes is 1. The molecule has 2 nitrogen and oxygen atoms in total. The highest BCUT2D eigenvalue weighted by atomic mass is 35.5. The fourth-order valence-corrected chi connectivity index (χ4v) is 2.26. The molecule has 3 unspecified atom stereocenters. The summed E-state index contributed by atoms with van der Waals surface area (Å²) < 4.78 is 4.84. The van der Waals surface area contributed by atoms with Gasteiger partial charge in [-0.25, -0.2) is 0 Å². The van der Waals surface area contributed by atoms with Gasteiger partial charge in [-0.05, 0) is 12.8 Å². The van der Waals surface area contributed by atoms with Crippen LogP contribution in [0.3, 0.4) is 0 Å². The zero-order valence-corrected chi connectivity index (χ0v) is 9.72. The molecule has 0 aromatic rings. The highest BCUT2D eigenvalue weighted by Gasteiger charge is 2.36. The second-order valence-electron chi connectivity index (χ2n) is 3.50. The summed E-state index contributed by atoms with van der Waals surface area (Å²) >= 11 is 12.0. The number of hydrogen-bond acceptors (Lipinski definition) is 2. The summed E-state index contributed by atoms with van der Waals surface area (Å²) in [5, 5.41) is -0.451. The van der Waals surface area contributed by atoms with Gasteiger partial charge in [0.25, 0.3) is 0 Å². The van der Waals surface area contributed by atoms with Crippen molar-refractivity contribution >= 4 is 29.2 Å². The lowest BCUT2D eigenvalue weighted by Gasteiger charge is -2.29. The van der Waals surface area contributed by atoms with Crippen molar-refractivity contribution in [2.75, 3.05) is 6.61 Å². The Kier molecular flexibility index (Phi) is 4.50. The Balaban J connectivity index is 2.58. The number of rotatable bonds is 2. The van der Waals surface area contributed by atoms with Gasteiger partial charge < -0.3 is 4.74 Å². The van der Waals surface area contributed by atoms with Crippen molar-refractivity contribution in [2.24, 2.45) is 5.92 Å². The van der Waals surface area contributed by atoms with Gasteiger partial charge in [0.1, 0.15) is 0 Å². The average molecular weight is 247 g/mol. The van der Waals surface area contributed by atoms with Gasteiger partial charge in [-0.2, -0.15) is 0 Å². The van der Waals surface area contributed by atoms with E-state index in [4.69, 9.17) is 34.4 Å². The lowest BCUT2D eigenvalue weighted by molar-refractivity contribution is -0.147. The van der Waals surface area contributed by atoms with E-state index in [0.29, 0.717) is 12.8 Å². The zero-order valence-electron chi connectivity index (χ0n) is 8.21. The van der Waals surface area contributed by atoms with Crippen LogP contribution in [0.25, 0.3) is 0 Å². The quantitative estimate of drug-likeness (QED) is 0.324. The van der Waals surface area contributed by atoms with Gasteiger partial charge >= 0.3 is 5.97 Å². The molecule has 0 bridgehead atoms. The van der Waals surface area contributed by atoms with Crippen molar-refractivity contribution in [3.63, 3.8) is 0 Å². The summed E-state index contributed by atoms with van der Waals surface area (Å²) in [7, 11) is 0. The molecular weight excluding hydrogens is 235 g/mol. The molecule has 4 heteroatoms. The zero-order chi connectivity index (χ0) is 11.4. The molecule has 0 radical (unpaired) electrons. The van der Waals surface area contributed by atoms with Crippen molar-refractivity contribution < 1.29 is 9.53 Å². The first-order chi connectivity index (χ1) is 7.06. The highest BCUT2D eigenvalue weighted by molar-refractivity contribution is 6.25. The number of carbonyl (C=O) groups excluding carboxylic acids is 1. The number of allylic oxidation sites excluding steroid dienone is 1. The Labute approximate surface area is 99.6 Å². The Bertz CT molecular complexity index is 306. The van der Waals surface area contributed by atoms with Gasteiger partial charge in [0.2, 0.25) is 0 Å². The second-order valence-corrected chi connectivity index (χ2v) is 4.59. The first-order valence-electron chi connectivity index (χ1n) is 4.62. The Morgan fingerprint density at radius 2 is 2.33 bits per heavy atom. The first-order valence-corrected chi connectivity index (χ1v) is 5.49. The summed E-state index contributed by atoms with van der Waals surface area (Å²) in [5.74, 6) is 1.50. The van der Waals surface area contributed by atoms with Crippen molar-refractivity contribution in [1.29, 1.82) is 0 Å². The predicted molar refractivity (Wildman–Crippen MR) is 60.9 cm³/mol. The minimum Gasteiger partial charge on any atom is -0.452 e. The predicted octanol–water partition coefficient (Wildman–Crippen LogP) is 2.34. The molecule has 0 amide bonds. The van der Waals surface area contributed by atoms with E-state index in [9.17, 15) is 4.79 Å². The van der Waals surface area contributed by atoms with Crippen LogP contribution < -0.4 is 0 Å². The van der Waals surface area contributed by atoms with E-state index in [1.165, 1.54) is 0 Å². The van der Waals surface area contributed by atoms with Crippen molar-refractivity contribution in [1.82, 2.24) is 0 Å². The molecule has 15 heavy (non-hydrogen) atoms. The summed E-state index contributed by atoms with van der Waals surface area (Å²) in [6.45, 7) is 3.79. The monoisotopic (exact) mass is 246 g/mol. The maximum atomic E-state index is 11.5. The third kappa shape index (κ3) is 3.15. The average Bonchev–Trinajstić information content (AvgIpc) is 2.20. The van der Waals surface area contributed by atoms with Gasteiger partial charge in [-0.3, -0.25) is 4.79 Å². The molecule has 0 aromatic carbocycles. The first kappa shape index (κ1) is 12.4. The molecule has 0 heterocycles. The van der Waals surface area contributed by atoms with Crippen LogP contribution in [0.15, 0.2) is 12.2 Å². The number of carbonyl (C=O) groups is 1.